The zero-order chi connectivity index (χ0) is 14.4. The van der Waals surface area contributed by atoms with Crippen LogP contribution in [0.3, 0.4) is 0 Å². The maximum Gasteiger partial charge on any atom is 0.302 e. The van der Waals surface area contributed by atoms with Gasteiger partial charge in [-0.25, -0.2) is 0 Å². The lowest BCUT2D eigenvalue weighted by Gasteiger charge is -2.45. The third-order valence-corrected chi connectivity index (χ3v) is 4.92. The number of fused-ring (bicyclic) bond motifs is 1. The molecule has 5 rings (SSSR count). The van der Waals surface area contributed by atoms with Crippen LogP contribution in [0.1, 0.15) is 47.4 Å². The van der Waals surface area contributed by atoms with E-state index in [1.807, 2.05) is 0 Å². The van der Waals surface area contributed by atoms with E-state index in [2.05, 4.69) is 48.5 Å². The molecule has 2 nitrogen and oxygen atoms in total. The lowest BCUT2D eigenvalue weighted by molar-refractivity contribution is -0.142. The number of carbonyl (C=O) groups excluding carboxylic acids is 1. The van der Waals surface area contributed by atoms with Gasteiger partial charge in [0.25, 0.3) is 0 Å². The summed E-state index contributed by atoms with van der Waals surface area (Å²) in [6.45, 7) is 2.02. The highest BCUT2D eigenvalue weighted by Crippen LogP contribution is 2.55. The largest absolute Gasteiger partial charge is 0.466 e. The molecule has 0 amide bonds. The Morgan fingerprint density at radius 2 is 1.52 bits per heavy atom. The molecule has 0 N–H and O–H groups in total. The van der Waals surface area contributed by atoms with Gasteiger partial charge in [-0.2, -0.15) is 0 Å². The van der Waals surface area contributed by atoms with E-state index in [1.165, 1.54) is 29.2 Å². The normalized spacial score (nSPS) is 25.1. The number of esters is 1. The van der Waals surface area contributed by atoms with Crippen LogP contribution in [0.25, 0.3) is 0 Å². The summed E-state index contributed by atoms with van der Waals surface area (Å²) < 4.78 is 5.33. The van der Waals surface area contributed by atoms with Crippen molar-refractivity contribution in [3.05, 3.63) is 70.8 Å². The molecular formula is C19H18O2. The molecule has 0 saturated carbocycles. The van der Waals surface area contributed by atoms with Crippen LogP contribution < -0.4 is 0 Å². The van der Waals surface area contributed by atoms with Crippen LogP contribution in [0.4, 0.5) is 0 Å². The van der Waals surface area contributed by atoms with Crippen molar-refractivity contribution in [2.24, 2.45) is 5.92 Å². The first-order valence-electron chi connectivity index (χ1n) is 7.56. The Morgan fingerprint density at radius 3 is 2.05 bits per heavy atom. The molecule has 0 aromatic heterocycles. The number of benzene rings is 2. The molecular weight excluding hydrogens is 260 g/mol. The van der Waals surface area contributed by atoms with Crippen LogP contribution in [-0.4, -0.2) is 12.6 Å². The summed E-state index contributed by atoms with van der Waals surface area (Å²) in [5.41, 5.74) is 5.76. The fourth-order valence-corrected chi connectivity index (χ4v) is 4.15. The molecule has 2 aromatic carbocycles. The lowest BCUT2D eigenvalue weighted by atomic mass is 9.59. The van der Waals surface area contributed by atoms with Crippen LogP contribution in [0, 0.1) is 5.92 Å². The highest BCUT2D eigenvalue weighted by molar-refractivity contribution is 5.66. The zero-order valence-corrected chi connectivity index (χ0v) is 12.1. The van der Waals surface area contributed by atoms with Gasteiger partial charge in [-0.15, -0.1) is 0 Å². The second-order valence-electron chi connectivity index (χ2n) is 6.09. The number of hydrogen-bond donors (Lipinski definition) is 0. The topological polar surface area (TPSA) is 26.3 Å². The smallest absolute Gasteiger partial charge is 0.302 e. The Labute approximate surface area is 124 Å². The maximum absolute atomic E-state index is 11.2. The Bertz CT molecular complexity index is 657. The molecule has 21 heavy (non-hydrogen) atoms. The Hall–Kier alpha value is -2.09. The van der Waals surface area contributed by atoms with Crippen molar-refractivity contribution in [1.29, 1.82) is 0 Å². The van der Waals surface area contributed by atoms with E-state index in [-0.39, 0.29) is 5.97 Å². The van der Waals surface area contributed by atoms with Gasteiger partial charge in [0.05, 0.1) is 6.61 Å². The quantitative estimate of drug-likeness (QED) is 0.780. The molecule has 3 aliphatic rings. The summed E-state index contributed by atoms with van der Waals surface area (Å²) in [5, 5.41) is 0. The summed E-state index contributed by atoms with van der Waals surface area (Å²) in [7, 11) is 0. The van der Waals surface area contributed by atoms with Gasteiger partial charge in [0, 0.05) is 24.7 Å². The van der Waals surface area contributed by atoms with Crippen LogP contribution in [-0.2, 0) is 9.53 Å². The van der Waals surface area contributed by atoms with Gasteiger partial charge >= 0.3 is 5.97 Å². The van der Waals surface area contributed by atoms with Crippen molar-refractivity contribution in [2.45, 2.75) is 25.2 Å². The summed E-state index contributed by atoms with van der Waals surface area (Å²) in [5.74, 6) is 1.02. The molecule has 0 spiro atoms. The van der Waals surface area contributed by atoms with Crippen LogP contribution in [0.2, 0.25) is 0 Å². The summed E-state index contributed by atoms with van der Waals surface area (Å²) >= 11 is 0. The molecule has 0 fully saturated rings. The Morgan fingerprint density at radius 1 is 1.00 bits per heavy atom. The zero-order valence-electron chi connectivity index (χ0n) is 12.1. The van der Waals surface area contributed by atoms with E-state index in [9.17, 15) is 4.79 Å². The maximum atomic E-state index is 11.2. The third-order valence-electron chi connectivity index (χ3n) is 4.92. The van der Waals surface area contributed by atoms with Crippen LogP contribution in [0.15, 0.2) is 48.5 Å². The van der Waals surface area contributed by atoms with Crippen molar-refractivity contribution in [3.63, 3.8) is 0 Å². The van der Waals surface area contributed by atoms with Gasteiger partial charge in [-0.05, 0) is 28.7 Å². The molecule has 0 saturated heterocycles. The van der Waals surface area contributed by atoms with Gasteiger partial charge in [-0.3, -0.25) is 4.79 Å². The summed E-state index contributed by atoms with van der Waals surface area (Å²) in [6, 6.07) is 17.5. The Balaban J connectivity index is 1.81. The highest BCUT2D eigenvalue weighted by Gasteiger charge is 2.43. The average Bonchev–Trinajstić information content (AvgIpc) is 2.53. The number of ether oxygens (including phenoxy) is 1. The molecule has 2 heteroatoms. The second kappa shape index (κ2) is 4.73. The van der Waals surface area contributed by atoms with E-state index >= 15 is 0 Å². The summed E-state index contributed by atoms with van der Waals surface area (Å²) in [6.07, 6.45) is 1.08. The second-order valence-corrected chi connectivity index (χ2v) is 6.09. The molecule has 2 bridgehead atoms. The van der Waals surface area contributed by atoms with Crippen molar-refractivity contribution < 1.29 is 9.53 Å². The minimum atomic E-state index is -0.182. The monoisotopic (exact) mass is 278 g/mol. The predicted octanol–water partition coefficient (Wildman–Crippen LogP) is 3.85. The van der Waals surface area contributed by atoms with Gasteiger partial charge in [0.1, 0.15) is 0 Å². The first-order chi connectivity index (χ1) is 10.3. The SMILES string of the molecule is CC(=O)OCC1CC2c3ccccc3C1c1ccccc12. The molecule has 0 radical (unpaired) electrons. The van der Waals surface area contributed by atoms with E-state index in [0.717, 1.165) is 6.42 Å². The third kappa shape index (κ3) is 1.90. The Kier molecular flexibility index (Phi) is 2.85. The molecule has 2 aromatic rings. The number of hydrogen-bond acceptors (Lipinski definition) is 2. The summed E-state index contributed by atoms with van der Waals surface area (Å²) in [4.78, 5) is 11.2. The molecule has 3 aliphatic carbocycles. The fourth-order valence-electron chi connectivity index (χ4n) is 4.15. The van der Waals surface area contributed by atoms with Gasteiger partial charge in [0.15, 0.2) is 0 Å². The van der Waals surface area contributed by atoms with Gasteiger partial charge in [0.2, 0.25) is 0 Å². The minimum Gasteiger partial charge on any atom is -0.466 e. The predicted molar refractivity (Wildman–Crippen MR) is 81.3 cm³/mol. The number of rotatable bonds is 2. The van der Waals surface area contributed by atoms with Crippen molar-refractivity contribution >= 4 is 5.97 Å². The first-order valence-corrected chi connectivity index (χ1v) is 7.56. The van der Waals surface area contributed by atoms with Crippen molar-refractivity contribution in [2.75, 3.05) is 6.61 Å². The average molecular weight is 278 g/mol. The highest BCUT2D eigenvalue weighted by atomic mass is 16.5. The molecule has 0 aliphatic heterocycles. The lowest BCUT2D eigenvalue weighted by Crippen LogP contribution is -2.34. The van der Waals surface area contributed by atoms with E-state index in [1.54, 1.807) is 0 Å². The van der Waals surface area contributed by atoms with Gasteiger partial charge < -0.3 is 4.74 Å². The van der Waals surface area contributed by atoms with Gasteiger partial charge in [-0.1, -0.05) is 48.5 Å². The molecule has 106 valence electrons. The number of carbonyl (C=O) groups is 1. The first kappa shape index (κ1) is 12.6. The minimum absolute atomic E-state index is 0.182. The van der Waals surface area contributed by atoms with Crippen molar-refractivity contribution in [1.82, 2.24) is 0 Å². The fraction of sp³-hybridized carbons (Fsp3) is 0.316. The molecule has 1 atom stereocenters. The standard InChI is InChI=1S/C19H18O2/c1-12(20)21-11-13-10-18-14-6-2-4-8-16(14)19(13)17-9-5-3-7-15(17)18/h2-9,13,18-19H,10-11H2,1H3. The van der Waals surface area contributed by atoms with Crippen molar-refractivity contribution in [3.8, 4) is 0 Å². The van der Waals surface area contributed by atoms with Crippen LogP contribution in [0.5, 0.6) is 0 Å². The van der Waals surface area contributed by atoms with E-state index in [0.29, 0.717) is 24.4 Å². The van der Waals surface area contributed by atoms with E-state index < -0.39 is 0 Å². The molecule has 1 unspecified atom stereocenters. The van der Waals surface area contributed by atoms with E-state index in [4.69, 9.17) is 4.74 Å². The van der Waals surface area contributed by atoms with Crippen LogP contribution >= 0.6 is 0 Å². The molecule has 0 heterocycles.